The summed E-state index contributed by atoms with van der Waals surface area (Å²) in [5.74, 6) is 0.112. The molecule has 2 nitrogen and oxygen atoms in total. The molecular formula is C12H17FO2. The second kappa shape index (κ2) is 5.12. The molecule has 0 fully saturated rings. The zero-order valence-corrected chi connectivity index (χ0v) is 9.33. The molecule has 0 aliphatic carbocycles. The molecule has 1 atom stereocenters. The Labute approximate surface area is 89.7 Å². The maximum absolute atomic E-state index is 13.4. The Morgan fingerprint density at radius 3 is 2.47 bits per heavy atom. The van der Waals surface area contributed by atoms with Gasteiger partial charge in [-0.2, -0.15) is 0 Å². The normalized spacial score (nSPS) is 12.9. The van der Waals surface area contributed by atoms with Crippen molar-refractivity contribution in [3.8, 4) is 5.75 Å². The molecule has 3 heteroatoms. The van der Waals surface area contributed by atoms with E-state index in [9.17, 15) is 9.50 Å². The van der Waals surface area contributed by atoms with Gasteiger partial charge in [-0.1, -0.05) is 19.9 Å². The van der Waals surface area contributed by atoms with Gasteiger partial charge in [-0.3, -0.25) is 0 Å². The van der Waals surface area contributed by atoms with Crippen LogP contribution in [-0.4, -0.2) is 18.8 Å². The number of hydrogen-bond donors (Lipinski definition) is 1. The smallest absolute Gasteiger partial charge is 0.165 e. The minimum atomic E-state index is -0.380. The van der Waals surface area contributed by atoms with Gasteiger partial charge in [0, 0.05) is 5.92 Å². The molecule has 0 spiro atoms. The zero-order valence-electron chi connectivity index (χ0n) is 9.33. The Morgan fingerprint density at radius 1 is 1.40 bits per heavy atom. The van der Waals surface area contributed by atoms with Gasteiger partial charge in [-0.25, -0.2) is 4.39 Å². The predicted octanol–water partition coefficient (Wildman–Crippen LogP) is 2.57. The second-order valence-electron chi connectivity index (χ2n) is 3.93. The van der Waals surface area contributed by atoms with Crippen molar-refractivity contribution in [3.05, 3.63) is 29.6 Å². The number of hydrogen-bond acceptors (Lipinski definition) is 2. The third-order valence-electron chi connectivity index (χ3n) is 2.61. The van der Waals surface area contributed by atoms with Gasteiger partial charge in [0.15, 0.2) is 11.6 Å². The number of methoxy groups -OCH3 is 1. The van der Waals surface area contributed by atoms with E-state index >= 15 is 0 Å². The van der Waals surface area contributed by atoms with Gasteiger partial charge < -0.3 is 9.84 Å². The van der Waals surface area contributed by atoms with Gasteiger partial charge in [0.2, 0.25) is 0 Å². The minimum Gasteiger partial charge on any atom is -0.494 e. The summed E-state index contributed by atoms with van der Waals surface area (Å²) < 4.78 is 18.2. The van der Waals surface area contributed by atoms with Gasteiger partial charge >= 0.3 is 0 Å². The quantitative estimate of drug-likeness (QED) is 0.831. The first kappa shape index (κ1) is 12.0. The predicted molar refractivity (Wildman–Crippen MR) is 57.6 cm³/mol. The highest BCUT2D eigenvalue weighted by molar-refractivity contribution is 5.31. The maximum atomic E-state index is 13.4. The number of halogens is 1. The van der Waals surface area contributed by atoms with Gasteiger partial charge in [0.1, 0.15) is 0 Å². The van der Waals surface area contributed by atoms with Crippen LogP contribution >= 0.6 is 0 Å². The first-order valence-electron chi connectivity index (χ1n) is 5.04. The number of ether oxygens (including phenoxy) is 1. The Bertz CT molecular complexity index is 323. The van der Waals surface area contributed by atoms with Crippen LogP contribution in [0.3, 0.4) is 0 Å². The van der Waals surface area contributed by atoms with E-state index in [1.807, 2.05) is 13.8 Å². The van der Waals surface area contributed by atoms with Crippen molar-refractivity contribution in [2.45, 2.75) is 19.8 Å². The molecule has 0 amide bonds. The van der Waals surface area contributed by atoms with Gasteiger partial charge in [-0.05, 0) is 23.6 Å². The van der Waals surface area contributed by atoms with Crippen LogP contribution in [0.5, 0.6) is 5.75 Å². The highest BCUT2D eigenvalue weighted by atomic mass is 19.1. The highest BCUT2D eigenvalue weighted by Gasteiger charge is 2.16. The molecular weight excluding hydrogens is 195 g/mol. The van der Waals surface area contributed by atoms with Crippen molar-refractivity contribution in [1.82, 2.24) is 0 Å². The number of rotatable bonds is 4. The van der Waals surface area contributed by atoms with Crippen molar-refractivity contribution in [3.63, 3.8) is 0 Å². The lowest BCUT2D eigenvalue weighted by molar-refractivity contribution is 0.237. The minimum absolute atomic E-state index is 0.0228. The summed E-state index contributed by atoms with van der Waals surface area (Å²) in [6, 6.07) is 4.82. The molecule has 0 aliphatic rings. The van der Waals surface area contributed by atoms with Crippen molar-refractivity contribution in [2.24, 2.45) is 5.92 Å². The Morgan fingerprint density at radius 2 is 2.07 bits per heavy atom. The van der Waals surface area contributed by atoms with Crippen LogP contribution in [0.25, 0.3) is 0 Å². The summed E-state index contributed by atoms with van der Waals surface area (Å²) in [5, 5.41) is 9.21. The van der Waals surface area contributed by atoms with Crippen molar-refractivity contribution in [1.29, 1.82) is 0 Å². The van der Waals surface area contributed by atoms with E-state index in [2.05, 4.69) is 0 Å². The summed E-state index contributed by atoms with van der Waals surface area (Å²) in [4.78, 5) is 0. The SMILES string of the molecule is COc1ccc(C(CO)C(C)C)cc1F. The summed E-state index contributed by atoms with van der Waals surface area (Å²) in [5.41, 5.74) is 0.811. The molecule has 0 aromatic heterocycles. The molecule has 1 N–H and O–H groups in total. The Hall–Kier alpha value is -1.09. The standard InChI is InChI=1S/C12H17FO2/c1-8(2)10(7-14)9-4-5-12(15-3)11(13)6-9/h4-6,8,10,14H,7H2,1-3H3. The molecule has 1 rings (SSSR count). The van der Waals surface area contributed by atoms with E-state index in [1.54, 1.807) is 12.1 Å². The fourth-order valence-electron chi connectivity index (χ4n) is 1.61. The molecule has 84 valence electrons. The molecule has 0 saturated heterocycles. The lowest BCUT2D eigenvalue weighted by Crippen LogP contribution is -2.11. The summed E-state index contributed by atoms with van der Waals surface area (Å²) in [6.45, 7) is 4.04. The fourth-order valence-corrected chi connectivity index (χ4v) is 1.61. The molecule has 1 aromatic carbocycles. The topological polar surface area (TPSA) is 29.5 Å². The lowest BCUT2D eigenvalue weighted by Gasteiger charge is -2.19. The van der Waals surface area contributed by atoms with E-state index < -0.39 is 0 Å². The molecule has 1 unspecified atom stereocenters. The molecule has 0 bridgehead atoms. The number of benzene rings is 1. The van der Waals surface area contributed by atoms with E-state index in [1.165, 1.54) is 13.2 Å². The first-order valence-corrected chi connectivity index (χ1v) is 5.04. The molecule has 0 heterocycles. The maximum Gasteiger partial charge on any atom is 0.165 e. The van der Waals surface area contributed by atoms with Crippen LogP contribution in [0.4, 0.5) is 4.39 Å². The third-order valence-corrected chi connectivity index (χ3v) is 2.61. The van der Waals surface area contributed by atoms with Gasteiger partial charge in [-0.15, -0.1) is 0 Å². The van der Waals surface area contributed by atoms with E-state index in [0.29, 0.717) is 0 Å². The Kier molecular flexibility index (Phi) is 4.09. The molecule has 15 heavy (non-hydrogen) atoms. The number of aliphatic hydroxyl groups excluding tert-OH is 1. The van der Waals surface area contributed by atoms with Crippen LogP contribution in [0.2, 0.25) is 0 Å². The van der Waals surface area contributed by atoms with E-state index in [4.69, 9.17) is 4.74 Å². The highest BCUT2D eigenvalue weighted by Crippen LogP contribution is 2.27. The Balaban J connectivity index is 3.00. The molecule has 0 aliphatic heterocycles. The number of aliphatic hydroxyl groups is 1. The first-order chi connectivity index (χ1) is 7.10. The molecule has 0 saturated carbocycles. The molecule has 0 radical (unpaired) electrons. The van der Waals surface area contributed by atoms with Crippen LogP contribution < -0.4 is 4.74 Å². The average Bonchev–Trinajstić information content (AvgIpc) is 2.18. The van der Waals surface area contributed by atoms with Crippen molar-refractivity contribution < 1.29 is 14.2 Å². The van der Waals surface area contributed by atoms with Crippen LogP contribution in [0.15, 0.2) is 18.2 Å². The van der Waals surface area contributed by atoms with Crippen LogP contribution in [0, 0.1) is 11.7 Å². The lowest BCUT2D eigenvalue weighted by atomic mass is 9.89. The van der Waals surface area contributed by atoms with Crippen LogP contribution in [-0.2, 0) is 0 Å². The largest absolute Gasteiger partial charge is 0.494 e. The average molecular weight is 212 g/mol. The second-order valence-corrected chi connectivity index (χ2v) is 3.93. The summed E-state index contributed by atoms with van der Waals surface area (Å²) >= 11 is 0. The molecule has 1 aromatic rings. The monoisotopic (exact) mass is 212 g/mol. The van der Waals surface area contributed by atoms with Crippen molar-refractivity contribution in [2.75, 3.05) is 13.7 Å². The van der Waals surface area contributed by atoms with Gasteiger partial charge in [0.25, 0.3) is 0 Å². The summed E-state index contributed by atoms with van der Waals surface area (Å²) in [6.07, 6.45) is 0. The van der Waals surface area contributed by atoms with E-state index in [-0.39, 0.29) is 30.0 Å². The van der Waals surface area contributed by atoms with E-state index in [0.717, 1.165) is 5.56 Å². The summed E-state index contributed by atoms with van der Waals surface area (Å²) in [7, 11) is 1.43. The zero-order chi connectivity index (χ0) is 11.4. The fraction of sp³-hybridized carbons (Fsp3) is 0.500. The van der Waals surface area contributed by atoms with Gasteiger partial charge in [0.05, 0.1) is 13.7 Å². The van der Waals surface area contributed by atoms with Crippen LogP contribution in [0.1, 0.15) is 25.3 Å². The van der Waals surface area contributed by atoms with Crippen molar-refractivity contribution >= 4 is 0 Å². The third kappa shape index (κ3) is 2.69.